The van der Waals surface area contributed by atoms with Crippen LogP contribution in [0.2, 0.25) is 0 Å². The van der Waals surface area contributed by atoms with Crippen molar-refractivity contribution in [2.45, 2.75) is 18.2 Å². The van der Waals surface area contributed by atoms with Crippen LogP contribution < -0.4 is 5.32 Å². The van der Waals surface area contributed by atoms with E-state index in [0.29, 0.717) is 23.5 Å². The number of carboxylic acids is 1. The molecule has 0 unspecified atom stereocenters. The first kappa shape index (κ1) is 18.1. The third kappa shape index (κ3) is 4.39. The lowest BCUT2D eigenvalue weighted by Gasteiger charge is -2.05. The molecule has 9 heteroatoms. The maximum atomic E-state index is 12.0. The Kier molecular flexibility index (Phi) is 5.68. The summed E-state index contributed by atoms with van der Waals surface area (Å²) in [6.45, 7) is 1.87. The Balaban J connectivity index is 1.91. The van der Waals surface area contributed by atoms with E-state index >= 15 is 0 Å². The topological polar surface area (TPSA) is 113 Å². The fraction of sp³-hybridized carbons (Fsp3) is 0.267. The van der Waals surface area contributed by atoms with E-state index in [9.17, 15) is 18.0 Å². The molecule has 24 heavy (non-hydrogen) atoms. The molecule has 0 saturated heterocycles. The molecule has 1 heterocycles. The van der Waals surface area contributed by atoms with Crippen LogP contribution in [0, 0.1) is 0 Å². The van der Waals surface area contributed by atoms with Crippen LogP contribution in [0.3, 0.4) is 0 Å². The lowest BCUT2D eigenvalue weighted by molar-refractivity contribution is 0.0690. The molecule has 0 saturated carbocycles. The number of aromatic nitrogens is 1. The number of hydrogen-bond acceptors (Lipinski definition) is 6. The molecule has 1 aromatic carbocycles. The molecular weight excluding hydrogens is 352 g/mol. The van der Waals surface area contributed by atoms with Crippen LogP contribution in [0.15, 0.2) is 34.5 Å². The van der Waals surface area contributed by atoms with Gasteiger partial charge in [-0.25, -0.2) is 18.2 Å². The zero-order chi connectivity index (χ0) is 17.7. The molecule has 0 radical (unpaired) electrons. The number of carboxylic acid groups (broad SMARTS) is 1. The van der Waals surface area contributed by atoms with Crippen molar-refractivity contribution in [1.82, 2.24) is 10.3 Å². The van der Waals surface area contributed by atoms with Gasteiger partial charge in [0.05, 0.1) is 15.7 Å². The van der Waals surface area contributed by atoms with Gasteiger partial charge >= 0.3 is 5.97 Å². The van der Waals surface area contributed by atoms with Gasteiger partial charge in [0.1, 0.15) is 0 Å². The van der Waals surface area contributed by atoms with E-state index in [-0.39, 0.29) is 22.2 Å². The Morgan fingerprint density at radius 1 is 1.25 bits per heavy atom. The summed E-state index contributed by atoms with van der Waals surface area (Å²) in [4.78, 5) is 26.9. The molecule has 2 aromatic rings. The van der Waals surface area contributed by atoms with Crippen molar-refractivity contribution < 1.29 is 23.1 Å². The number of nitrogens with zero attached hydrogens (tertiary/aromatic N) is 1. The normalized spacial score (nSPS) is 11.2. The zero-order valence-corrected chi connectivity index (χ0v) is 14.5. The summed E-state index contributed by atoms with van der Waals surface area (Å²) < 4.78 is 23.4. The lowest BCUT2D eigenvalue weighted by atomic mass is 10.2. The molecule has 0 spiro atoms. The fourth-order valence-electron chi connectivity index (χ4n) is 1.89. The van der Waals surface area contributed by atoms with Crippen molar-refractivity contribution >= 4 is 33.1 Å². The van der Waals surface area contributed by atoms with E-state index in [1.807, 2.05) is 0 Å². The van der Waals surface area contributed by atoms with Crippen LogP contribution in [-0.4, -0.2) is 42.7 Å². The SMILES string of the molecule is CCS(=O)(=O)c1ccc(C(=O)NCCc2nc(C(=O)O)cs2)cc1. The molecule has 0 aliphatic carbocycles. The molecule has 2 rings (SSSR count). The van der Waals surface area contributed by atoms with Crippen LogP contribution in [0.4, 0.5) is 0 Å². The van der Waals surface area contributed by atoms with Crippen LogP contribution in [-0.2, 0) is 16.3 Å². The van der Waals surface area contributed by atoms with E-state index in [1.54, 1.807) is 6.92 Å². The summed E-state index contributed by atoms with van der Waals surface area (Å²) in [5.74, 6) is -1.40. The van der Waals surface area contributed by atoms with Crippen LogP contribution in [0.1, 0.15) is 32.8 Å². The summed E-state index contributed by atoms with van der Waals surface area (Å²) in [7, 11) is -3.28. The molecule has 2 N–H and O–H groups in total. The number of thiazole rings is 1. The molecule has 128 valence electrons. The van der Waals surface area contributed by atoms with Gasteiger partial charge in [0.15, 0.2) is 15.5 Å². The molecule has 1 aromatic heterocycles. The Bertz CT molecular complexity index is 841. The number of carbonyl (C=O) groups is 2. The van der Waals surface area contributed by atoms with Gasteiger partial charge in [-0.2, -0.15) is 0 Å². The Morgan fingerprint density at radius 3 is 2.46 bits per heavy atom. The van der Waals surface area contributed by atoms with Gasteiger partial charge in [0.2, 0.25) is 0 Å². The van der Waals surface area contributed by atoms with Gasteiger partial charge in [-0.15, -0.1) is 11.3 Å². The summed E-state index contributed by atoms with van der Waals surface area (Å²) >= 11 is 1.22. The largest absolute Gasteiger partial charge is 0.476 e. The second-order valence-corrected chi connectivity index (χ2v) is 8.09. The number of rotatable bonds is 7. The second kappa shape index (κ2) is 7.54. The minimum Gasteiger partial charge on any atom is -0.476 e. The lowest BCUT2D eigenvalue weighted by Crippen LogP contribution is -2.25. The van der Waals surface area contributed by atoms with Crippen molar-refractivity contribution in [3.8, 4) is 0 Å². The minimum atomic E-state index is -3.28. The monoisotopic (exact) mass is 368 g/mol. The number of nitrogens with one attached hydrogen (secondary N) is 1. The summed E-state index contributed by atoms with van der Waals surface area (Å²) in [5.41, 5.74) is 0.351. The average molecular weight is 368 g/mol. The highest BCUT2D eigenvalue weighted by atomic mass is 32.2. The number of hydrogen-bond donors (Lipinski definition) is 2. The van der Waals surface area contributed by atoms with Gasteiger partial charge in [-0.05, 0) is 24.3 Å². The molecular formula is C15H16N2O5S2. The molecule has 1 amide bonds. The first-order chi connectivity index (χ1) is 11.3. The Morgan fingerprint density at radius 2 is 1.92 bits per heavy atom. The summed E-state index contributed by atoms with van der Waals surface area (Å²) in [6, 6.07) is 5.75. The highest BCUT2D eigenvalue weighted by Gasteiger charge is 2.13. The maximum absolute atomic E-state index is 12.0. The first-order valence-electron chi connectivity index (χ1n) is 7.12. The average Bonchev–Trinajstić information content (AvgIpc) is 3.04. The highest BCUT2D eigenvalue weighted by molar-refractivity contribution is 7.91. The third-order valence-electron chi connectivity index (χ3n) is 3.25. The van der Waals surface area contributed by atoms with Crippen molar-refractivity contribution in [3.63, 3.8) is 0 Å². The van der Waals surface area contributed by atoms with E-state index in [2.05, 4.69) is 10.3 Å². The van der Waals surface area contributed by atoms with Crippen molar-refractivity contribution in [1.29, 1.82) is 0 Å². The zero-order valence-electron chi connectivity index (χ0n) is 12.9. The quantitative estimate of drug-likeness (QED) is 0.767. The Labute approximate surface area is 143 Å². The number of carbonyl (C=O) groups excluding carboxylic acids is 1. The van der Waals surface area contributed by atoms with E-state index in [0.717, 1.165) is 0 Å². The molecule has 0 fully saturated rings. The standard InChI is InChI=1S/C15H16N2O5S2/c1-2-24(21,22)11-5-3-10(4-6-11)14(18)16-8-7-13-17-12(9-23-13)15(19)20/h3-6,9H,2,7-8H2,1H3,(H,16,18)(H,19,20). The molecule has 0 aliphatic heterocycles. The smallest absolute Gasteiger partial charge is 0.355 e. The number of amides is 1. The van der Waals surface area contributed by atoms with Gasteiger partial charge < -0.3 is 10.4 Å². The van der Waals surface area contributed by atoms with E-state index in [1.165, 1.54) is 41.0 Å². The predicted octanol–water partition coefficient (Wildman–Crippen LogP) is 1.61. The molecule has 0 atom stereocenters. The number of aromatic carboxylic acids is 1. The summed E-state index contributed by atoms with van der Waals surface area (Å²) in [5, 5.41) is 13.6. The van der Waals surface area contributed by atoms with E-state index in [4.69, 9.17) is 5.11 Å². The van der Waals surface area contributed by atoms with Gasteiger partial charge in [-0.3, -0.25) is 4.79 Å². The minimum absolute atomic E-state index is 0.00465. The maximum Gasteiger partial charge on any atom is 0.355 e. The first-order valence-corrected chi connectivity index (χ1v) is 9.65. The molecule has 7 nitrogen and oxygen atoms in total. The molecule has 0 bridgehead atoms. The van der Waals surface area contributed by atoms with Crippen molar-refractivity contribution in [2.75, 3.05) is 12.3 Å². The van der Waals surface area contributed by atoms with Gasteiger partial charge in [-0.1, -0.05) is 6.92 Å². The van der Waals surface area contributed by atoms with Crippen LogP contribution >= 0.6 is 11.3 Å². The number of benzene rings is 1. The molecule has 0 aliphatic rings. The fourth-order valence-corrected chi connectivity index (χ4v) is 3.55. The third-order valence-corrected chi connectivity index (χ3v) is 5.91. The van der Waals surface area contributed by atoms with Crippen LogP contribution in [0.25, 0.3) is 0 Å². The van der Waals surface area contributed by atoms with E-state index < -0.39 is 15.8 Å². The van der Waals surface area contributed by atoms with Crippen LogP contribution in [0.5, 0.6) is 0 Å². The second-order valence-electron chi connectivity index (χ2n) is 4.87. The van der Waals surface area contributed by atoms with Gasteiger partial charge in [0, 0.05) is 23.9 Å². The van der Waals surface area contributed by atoms with Crippen molar-refractivity contribution in [3.05, 3.63) is 45.9 Å². The predicted molar refractivity (Wildman–Crippen MR) is 89.3 cm³/mol. The summed E-state index contributed by atoms with van der Waals surface area (Å²) in [6.07, 6.45) is 0.423. The van der Waals surface area contributed by atoms with Gasteiger partial charge in [0.25, 0.3) is 5.91 Å². The number of sulfone groups is 1. The highest BCUT2D eigenvalue weighted by Crippen LogP contribution is 2.13. The van der Waals surface area contributed by atoms with Crippen molar-refractivity contribution in [2.24, 2.45) is 0 Å². The Hall–Kier alpha value is -2.26.